The molecule has 1 aromatic heterocycles. The van der Waals surface area contributed by atoms with Gasteiger partial charge in [-0.15, -0.1) is 0 Å². The standard InChI is InChI=1S/C34H40FN7O3/c1-36-21-25-22-41(17-18-42(25)31(43)11-6-15-39(2)3)33-27-14-16-40(30-10-5-8-24-7-4-9-28(35)32(24)30)23-29(27)37-34(38-33)45-20-19-44-26-12-13-26/h4-11,25-26H,12-23H2,2-3H3/b11-6+/t25-/m0/s1. The number of benzene rings is 2. The summed E-state index contributed by atoms with van der Waals surface area (Å²) in [6.07, 6.45) is 6.65. The summed E-state index contributed by atoms with van der Waals surface area (Å²) in [5.41, 5.74) is 2.70. The number of piperazine rings is 1. The van der Waals surface area contributed by atoms with Gasteiger partial charge in [-0.3, -0.25) is 4.79 Å². The van der Waals surface area contributed by atoms with E-state index in [1.807, 2.05) is 49.3 Å². The maximum atomic E-state index is 15.0. The SMILES string of the molecule is [C-]#[N+]C[C@H]1CN(c2nc(OCCOC3CC3)nc3c2CCN(c2cccc4cccc(F)c24)C3)CCN1C(=O)/C=C/CN(C)C. The molecule has 1 saturated heterocycles. The lowest BCUT2D eigenvalue weighted by atomic mass is 10.0. The van der Waals surface area contributed by atoms with E-state index in [-0.39, 0.29) is 30.3 Å². The van der Waals surface area contributed by atoms with Crippen LogP contribution in [0.2, 0.25) is 0 Å². The lowest BCUT2D eigenvalue weighted by Gasteiger charge is -2.41. The van der Waals surface area contributed by atoms with Crippen molar-refractivity contribution >= 4 is 28.2 Å². The van der Waals surface area contributed by atoms with Crippen LogP contribution in [0.25, 0.3) is 15.6 Å². The Hall–Kier alpha value is -4.27. The van der Waals surface area contributed by atoms with Gasteiger partial charge in [0.05, 0.1) is 24.9 Å². The topological polar surface area (TPSA) is 78.6 Å². The van der Waals surface area contributed by atoms with Crippen LogP contribution >= 0.6 is 0 Å². The molecule has 2 aromatic carbocycles. The molecule has 0 spiro atoms. The number of anilines is 2. The van der Waals surface area contributed by atoms with Crippen LogP contribution in [0.15, 0.2) is 48.6 Å². The van der Waals surface area contributed by atoms with Crippen LogP contribution in [-0.4, -0.2) is 104 Å². The van der Waals surface area contributed by atoms with Crippen molar-refractivity contribution < 1.29 is 18.7 Å². The fourth-order valence-corrected chi connectivity index (χ4v) is 6.10. The maximum absolute atomic E-state index is 15.0. The molecule has 10 nitrogen and oxygen atoms in total. The van der Waals surface area contributed by atoms with Crippen molar-refractivity contribution in [2.24, 2.45) is 0 Å². The minimum atomic E-state index is -0.270. The van der Waals surface area contributed by atoms with Gasteiger partial charge in [0.2, 0.25) is 12.5 Å². The molecular formula is C34H40FN7O3. The third-order valence-electron chi connectivity index (χ3n) is 8.49. The van der Waals surface area contributed by atoms with Crippen LogP contribution in [0, 0.1) is 12.4 Å². The Bertz CT molecular complexity index is 1600. The van der Waals surface area contributed by atoms with Crippen LogP contribution in [0.3, 0.4) is 0 Å². The van der Waals surface area contributed by atoms with Gasteiger partial charge >= 0.3 is 6.01 Å². The Morgan fingerprint density at radius 3 is 2.71 bits per heavy atom. The summed E-state index contributed by atoms with van der Waals surface area (Å²) >= 11 is 0. The summed E-state index contributed by atoms with van der Waals surface area (Å²) in [4.78, 5) is 34.6. The van der Waals surface area contributed by atoms with E-state index in [4.69, 9.17) is 26.0 Å². The highest BCUT2D eigenvalue weighted by molar-refractivity contribution is 5.95. The summed E-state index contributed by atoms with van der Waals surface area (Å²) in [6, 6.07) is 11.0. The van der Waals surface area contributed by atoms with Crippen molar-refractivity contribution in [3.8, 4) is 6.01 Å². The number of hydrogen-bond donors (Lipinski definition) is 0. The summed E-state index contributed by atoms with van der Waals surface area (Å²) in [5, 5.41) is 1.46. The summed E-state index contributed by atoms with van der Waals surface area (Å²) in [6.45, 7) is 12.0. The van der Waals surface area contributed by atoms with Crippen molar-refractivity contribution in [2.45, 2.75) is 38.0 Å². The van der Waals surface area contributed by atoms with E-state index < -0.39 is 0 Å². The van der Waals surface area contributed by atoms with Gasteiger partial charge in [-0.2, -0.15) is 9.97 Å². The number of amides is 1. The molecule has 0 radical (unpaired) electrons. The number of hydrogen-bond acceptors (Lipinski definition) is 8. The first-order valence-corrected chi connectivity index (χ1v) is 15.7. The van der Waals surface area contributed by atoms with Crippen LogP contribution in [0.1, 0.15) is 24.1 Å². The van der Waals surface area contributed by atoms with Gasteiger partial charge in [0.25, 0.3) is 0 Å². The van der Waals surface area contributed by atoms with Gasteiger partial charge in [-0.1, -0.05) is 30.3 Å². The number of rotatable bonds is 11. The molecule has 1 amide bonds. The quantitative estimate of drug-likeness (QED) is 0.183. The fourth-order valence-electron chi connectivity index (χ4n) is 6.10. The predicted octanol–water partition coefficient (Wildman–Crippen LogP) is 3.94. The minimum Gasteiger partial charge on any atom is -0.461 e. The number of fused-ring (bicyclic) bond motifs is 2. The maximum Gasteiger partial charge on any atom is 0.318 e. The molecule has 2 fully saturated rings. The average molecular weight is 614 g/mol. The van der Waals surface area contributed by atoms with E-state index in [0.29, 0.717) is 70.4 Å². The molecule has 6 rings (SSSR count). The molecule has 236 valence electrons. The second kappa shape index (κ2) is 13.8. The summed E-state index contributed by atoms with van der Waals surface area (Å²) < 4.78 is 26.8. The second-order valence-electron chi connectivity index (χ2n) is 12.1. The summed E-state index contributed by atoms with van der Waals surface area (Å²) in [5.74, 6) is 0.464. The van der Waals surface area contributed by atoms with E-state index in [0.717, 1.165) is 41.0 Å². The lowest BCUT2D eigenvalue weighted by molar-refractivity contribution is -0.128. The van der Waals surface area contributed by atoms with Gasteiger partial charge in [0.1, 0.15) is 24.3 Å². The van der Waals surface area contributed by atoms with Crippen LogP contribution in [-0.2, 0) is 22.5 Å². The fraction of sp³-hybridized carbons (Fsp3) is 0.471. The van der Waals surface area contributed by atoms with E-state index >= 15 is 4.39 Å². The average Bonchev–Trinajstić information content (AvgIpc) is 3.87. The highest BCUT2D eigenvalue weighted by atomic mass is 19.1. The Labute approximate surface area is 263 Å². The molecule has 2 aliphatic heterocycles. The first-order valence-electron chi connectivity index (χ1n) is 15.7. The van der Waals surface area contributed by atoms with Gasteiger partial charge in [-0.05, 0) is 50.9 Å². The highest BCUT2D eigenvalue weighted by Gasteiger charge is 2.35. The zero-order chi connectivity index (χ0) is 31.3. The molecule has 1 saturated carbocycles. The Balaban J connectivity index is 1.27. The van der Waals surface area contributed by atoms with Crippen molar-refractivity contribution in [3.05, 3.63) is 77.0 Å². The van der Waals surface area contributed by atoms with Gasteiger partial charge in [0.15, 0.2) is 0 Å². The Morgan fingerprint density at radius 2 is 1.93 bits per heavy atom. The Kier molecular flexibility index (Phi) is 9.42. The molecule has 0 unspecified atom stereocenters. The first-order chi connectivity index (χ1) is 21.9. The lowest BCUT2D eigenvalue weighted by Crippen LogP contribution is -2.56. The molecule has 0 bridgehead atoms. The molecule has 1 aliphatic carbocycles. The van der Waals surface area contributed by atoms with E-state index in [9.17, 15) is 4.79 Å². The van der Waals surface area contributed by atoms with Crippen LogP contribution < -0.4 is 14.5 Å². The van der Waals surface area contributed by atoms with Crippen molar-refractivity contribution in [3.63, 3.8) is 0 Å². The number of likely N-dealkylation sites (N-methyl/N-ethyl adjacent to an activating group) is 1. The van der Waals surface area contributed by atoms with E-state index in [1.54, 1.807) is 17.0 Å². The predicted molar refractivity (Wildman–Crippen MR) is 172 cm³/mol. The molecule has 3 aliphatic rings. The molecule has 11 heteroatoms. The van der Waals surface area contributed by atoms with Crippen molar-refractivity contribution in [1.82, 2.24) is 19.8 Å². The zero-order valence-corrected chi connectivity index (χ0v) is 26.0. The number of ether oxygens (including phenoxy) is 2. The minimum absolute atomic E-state index is 0.0764. The number of nitrogens with zero attached hydrogens (tertiary/aromatic N) is 7. The van der Waals surface area contributed by atoms with Gasteiger partial charge in [0, 0.05) is 55.4 Å². The molecule has 0 N–H and O–H groups in total. The molecule has 45 heavy (non-hydrogen) atoms. The molecular weight excluding hydrogens is 573 g/mol. The van der Waals surface area contributed by atoms with Gasteiger partial charge in [-0.25, -0.2) is 11.0 Å². The smallest absolute Gasteiger partial charge is 0.318 e. The molecule has 3 heterocycles. The Morgan fingerprint density at radius 1 is 1.11 bits per heavy atom. The largest absolute Gasteiger partial charge is 0.461 e. The number of halogens is 1. The van der Waals surface area contributed by atoms with Crippen molar-refractivity contribution in [1.29, 1.82) is 0 Å². The monoisotopic (exact) mass is 613 g/mol. The number of carbonyl (C=O) groups excluding carboxylic acids is 1. The second-order valence-corrected chi connectivity index (χ2v) is 12.1. The highest BCUT2D eigenvalue weighted by Crippen LogP contribution is 2.35. The van der Waals surface area contributed by atoms with E-state index in [2.05, 4.69) is 14.6 Å². The number of aromatic nitrogens is 2. The summed E-state index contributed by atoms with van der Waals surface area (Å²) in [7, 11) is 3.91. The normalized spacial score (nSPS) is 18.5. The zero-order valence-electron chi connectivity index (χ0n) is 26.0. The van der Waals surface area contributed by atoms with E-state index in [1.165, 1.54) is 6.07 Å². The number of carbonyl (C=O) groups is 1. The van der Waals surface area contributed by atoms with Crippen molar-refractivity contribution in [2.75, 3.05) is 76.4 Å². The van der Waals surface area contributed by atoms with Crippen LogP contribution in [0.4, 0.5) is 15.9 Å². The first kappa shape index (κ1) is 30.7. The molecule has 1 atom stereocenters. The third kappa shape index (κ3) is 7.18. The molecule has 3 aromatic rings. The third-order valence-corrected chi connectivity index (χ3v) is 8.49. The van der Waals surface area contributed by atoms with Crippen LogP contribution in [0.5, 0.6) is 6.01 Å². The van der Waals surface area contributed by atoms with Gasteiger partial charge < -0.3 is 33.9 Å².